The third-order valence-electron chi connectivity index (χ3n) is 2.64. The van der Waals surface area contributed by atoms with Crippen molar-refractivity contribution in [3.63, 3.8) is 0 Å². The predicted molar refractivity (Wildman–Crippen MR) is 82.1 cm³/mol. The summed E-state index contributed by atoms with van der Waals surface area (Å²) in [4.78, 5) is 6.42. The smallest absolute Gasteiger partial charge is 0.193 e. The van der Waals surface area contributed by atoms with Crippen molar-refractivity contribution < 1.29 is 4.39 Å². The van der Waals surface area contributed by atoms with Gasteiger partial charge in [0.15, 0.2) is 5.96 Å². The molecule has 5 heteroatoms. The Labute approximate surface area is 123 Å². The lowest BCUT2D eigenvalue weighted by Crippen LogP contribution is -2.36. The Balaban J connectivity index is 2.47. The largest absolute Gasteiger partial charge is 0.357 e. The molecule has 1 aromatic carbocycles. The second-order valence-corrected chi connectivity index (χ2v) is 5.39. The fraction of sp³-hybridized carbons (Fsp3) is 0.500. The van der Waals surface area contributed by atoms with E-state index in [1.165, 1.54) is 6.07 Å². The van der Waals surface area contributed by atoms with Crippen molar-refractivity contribution in [1.82, 2.24) is 10.2 Å². The summed E-state index contributed by atoms with van der Waals surface area (Å²) in [6, 6.07) is 5.19. The molecule has 0 amide bonds. The van der Waals surface area contributed by atoms with Crippen LogP contribution in [0.25, 0.3) is 0 Å². The van der Waals surface area contributed by atoms with Crippen LogP contribution in [0, 0.1) is 5.82 Å². The zero-order valence-corrected chi connectivity index (χ0v) is 13.3. The molecule has 0 aliphatic heterocycles. The first-order valence-corrected chi connectivity index (χ1v) is 7.23. The predicted octanol–water partition coefficient (Wildman–Crippen LogP) is 3.05. The van der Waals surface area contributed by atoms with Crippen LogP contribution < -0.4 is 5.32 Å². The lowest BCUT2D eigenvalue weighted by molar-refractivity contribution is 0.580. The topological polar surface area (TPSA) is 27.6 Å². The third kappa shape index (κ3) is 5.59. The number of hydrogen-bond acceptors (Lipinski definition) is 1. The number of nitrogens with one attached hydrogen (secondary N) is 1. The molecule has 0 saturated heterocycles. The molecule has 1 N–H and O–H groups in total. The molecular formula is C14H21BrFN3. The first-order valence-electron chi connectivity index (χ1n) is 6.44. The van der Waals surface area contributed by atoms with E-state index in [-0.39, 0.29) is 5.82 Å². The van der Waals surface area contributed by atoms with Gasteiger partial charge in [0.2, 0.25) is 0 Å². The van der Waals surface area contributed by atoms with Gasteiger partial charge in [-0.15, -0.1) is 0 Å². The minimum absolute atomic E-state index is 0.155. The molecule has 0 saturated carbocycles. The van der Waals surface area contributed by atoms with Gasteiger partial charge in [-0.2, -0.15) is 0 Å². The zero-order valence-electron chi connectivity index (χ0n) is 11.7. The SMILES string of the molecule is CCNC(=NCCCc1ccc(Br)cc1F)N(C)C. The third-order valence-corrected chi connectivity index (χ3v) is 3.13. The van der Waals surface area contributed by atoms with E-state index >= 15 is 0 Å². The maximum atomic E-state index is 13.6. The highest BCUT2D eigenvalue weighted by Crippen LogP contribution is 2.16. The molecule has 0 aromatic heterocycles. The number of aliphatic imine (C=N–C) groups is 1. The monoisotopic (exact) mass is 329 g/mol. The molecule has 0 unspecified atom stereocenters. The molecule has 0 heterocycles. The van der Waals surface area contributed by atoms with E-state index in [2.05, 4.69) is 26.2 Å². The Bertz CT molecular complexity index is 433. The maximum absolute atomic E-state index is 13.6. The van der Waals surface area contributed by atoms with Crippen molar-refractivity contribution in [2.75, 3.05) is 27.2 Å². The van der Waals surface area contributed by atoms with Crippen LogP contribution in [0.3, 0.4) is 0 Å². The lowest BCUT2D eigenvalue weighted by atomic mass is 10.1. The fourth-order valence-electron chi connectivity index (χ4n) is 1.69. The number of halogens is 2. The van der Waals surface area contributed by atoms with E-state index in [4.69, 9.17) is 0 Å². The van der Waals surface area contributed by atoms with Crippen LogP contribution in [-0.4, -0.2) is 38.0 Å². The molecule has 0 radical (unpaired) electrons. The van der Waals surface area contributed by atoms with Gasteiger partial charge in [0, 0.05) is 31.7 Å². The zero-order chi connectivity index (χ0) is 14.3. The van der Waals surface area contributed by atoms with Gasteiger partial charge >= 0.3 is 0 Å². The van der Waals surface area contributed by atoms with E-state index in [0.29, 0.717) is 13.0 Å². The normalized spacial score (nSPS) is 11.5. The number of aryl methyl sites for hydroxylation is 1. The van der Waals surface area contributed by atoms with Crippen molar-refractivity contribution in [3.8, 4) is 0 Å². The van der Waals surface area contributed by atoms with E-state index in [0.717, 1.165) is 29.0 Å². The van der Waals surface area contributed by atoms with Gasteiger partial charge in [-0.25, -0.2) is 4.39 Å². The molecule has 0 fully saturated rings. The molecular weight excluding hydrogens is 309 g/mol. The average Bonchev–Trinajstić information content (AvgIpc) is 2.35. The van der Waals surface area contributed by atoms with Gasteiger partial charge in [-0.1, -0.05) is 22.0 Å². The van der Waals surface area contributed by atoms with Gasteiger partial charge < -0.3 is 10.2 Å². The quantitative estimate of drug-likeness (QED) is 0.510. The molecule has 0 bridgehead atoms. The van der Waals surface area contributed by atoms with Crippen LogP contribution in [0.4, 0.5) is 4.39 Å². The molecule has 0 atom stereocenters. The first kappa shape index (κ1) is 16.0. The number of hydrogen-bond donors (Lipinski definition) is 1. The summed E-state index contributed by atoms with van der Waals surface area (Å²) in [5.41, 5.74) is 0.744. The highest BCUT2D eigenvalue weighted by Gasteiger charge is 2.03. The van der Waals surface area contributed by atoms with Crippen molar-refractivity contribution in [2.45, 2.75) is 19.8 Å². The highest BCUT2D eigenvalue weighted by atomic mass is 79.9. The van der Waals surface area contributed by atoms with Crippen LogP contribution in [0.15, 0.2) is 27.7 Å². The Morgan fingerprint density at radius 2 is 2.16 bits per heavy atom. The summed E-state index contributed by atoms with van der Waals surface area (Å²) in [5.74, 6) is 0.719. The summed E-state index contributed by atoms with van der Waals surface area (Å²) in [7, 11) is 3.91. The molecule has 0 spiro atoms. The molecule has 19 heavy (non-hydrogen) atoms. The minimum Gasteiger partial charge on any atom is -0.357 e. The van der Waals surface area contributed by atoms with Gasteiger partial charge in [0.05, 0.1) is 0 Å². The average molecular weight is 330 g/mol. The van der Waals surface area contributed by atoms with E-state index in [1.807, 2.05) is 38.1 Å². The maximum Gasteiger partial charge on any atom is 0.193 e. The lowest BCUT2D eigenvalue weighted by Gasteiger charge is -2.16. The van der Waals surface area contributed by atoms with Gasteiger partial charge in [-0.05, 0) is 37.5 Å². The number of guanidine groups is 1. The van der Waals surface area contributed by atoms with Crippen molar-refractivity contribution in [2.24, 2.45) is 4.99 Å². The summed E-state index contributed by atoms with van der Waals surface area (Å²) in [6.07, 6.45) is 1.54. The minimum atomic E-state index is -0.155. The molecule has 3 nitrogen and oxygen atoms in total. The second-order valence-electron chi connectivity index (χ2n) is 4.47. The summed E-state index contributed by atoms with van der Waals surface area (Å²) < 4.78 is 14.4. The summed E-state index contributed by atoms with van der Waals surface area (Å²) in [6.45, 7) is 3.57. The van der Waals surface area contributed by atoms with Gasteiger partial charge in [0.1, 0.15) is 5.82 Å². The number of benzene rings is 1. The highest BCUT2D eigenvalue weighted by molar-refractivity contribution is 9.10. The number of nitrogens with zero attached hydrogens (tertiary/aromatic N) is 2. The van der Waals surface area contributed by atoms with Crippen molar-refractivity contribution in [1.29, 1.82) is 0 Å². The van der Waals surface area contributed by atoms with Crippen LogP contribution in [0.2, 0.25) is 0 Å². The Hall–Kier alpha value is -1.10. The standard InChI is InChI=1S/C14H21BrFN3/c1-4-17-14(19(2)3)18-9-5-6-11-7-8-12(15)10-13(11)16/h7-8,10H,4-6,9H2,1-3H3,(H,17,18). The molecule has 1 aromatic rings. The van der Waals surface area contributed by atoms with Crippen molar-refractivity contribution in [3.05, 3.63) is 34.1 Å². The van der Waals surface area contributed by atoms with Crippen LogP contribution in [0.5, 0.6) is 0 Å². The van der Waals surface area contributed by atoms with E-state index in [9.17, 15) is 4.39 Å². The Morgan fingerprint density at radius 3 is 2.74 bits per heavy atom. The molecule has 1 rings (SSSR count). The van der Waals surface area contributed by atoms with Crippen LogP contribution >= 0.6 is 15.9 Å². The van der Waals surface area contributed by atoms with Crippen LogP contribution in [0.1, 0.15) is 18.9 Å². The Kier molecular flexibility index (Phi) is 6.84. The van der Waals surface area contributed by atoms with Crippen LogP contribution in [-0.2, 0) is 6.42 Å². The first-order chi connectivity index (χ1) is 9.04. The second kappa shape index (κ2) is 8.15. The Morgan fingerprint density at radius 1 is 1.42 bits per heavy atom. The van der Waals surface area contributed by atoms with Gasteiger partial charge in [-0.3, -0.25) is 4.99 Å². The number of rotatable bonds is 5. The fourth-order valence-corrected chi connectivity index (χ4v) is 2.03. The van der Waals surface area contributed by atoms with Crippen molar-refractivity contribution >= 4 is 21.9 Å². The van der Waals surface area contributed by atoms with E-state index < -0.39 is 0 Å². The molecule has 0 aliphatic rings. The van der Waals surface area contributed by atoms with Gasteiger partial charge in [0.25, 0.3) is 0 Å². The van der Waals surface area contributed by atoms with E-state index in [1.54, 1.807) is 0 Å². The molecule has 0 aliphatic carbocycles. The molecule has 106 valence electrons. The summed E-state index contributed by atoms with van der Waals surface area (Å²) in [5, 5.41) is 3.20. The summed E-state index contributed by atoms with van der Waals surface area (Å²) >= 11 is 3.25.